The number of aromatic amines is 1. The molecular formula is C10H11N5O2. The summed E-state index contributed by atoms with van der Waals surface area (Å²) in [4.78, 5) is 11.7. The van der Waals surface area contributed by atoms with E-state index in [0.29, 0.717) is 17.0 Å². The van der Waals surface area contributed by atoms with Gasteiger partial charge in [-0.1, -0.05) is 5.21 Å². The van der Waals surface area contributed by atoms with E-state index in [4.69, 9.17) is 0 Å². The van der Waals surface area contributed by atoms with Gasteiger partial charge >= 0.3 is 0 Å². The van der Waals surface area contributed by atoms with Crippen LogP contribution in [-0.4, -0.2) is 31.6 Å². The minimum absolute atomic E-state index is 0.166. The number of aromatic nitrogens is 4. The average molecular weight is 233 g/mol. The molecule has 0 spiro atoms. The molecule has 1 heterocycles. The van der Waals surface area contributed by atoms with Gasteiger partial charge in [-0.25, -0.2) is 0 Å². The molecule has 0 atom stereocenters. The molecular weight excluding hydrogens is 222 g/mol. The first-order chi connectivity index (χ1) is 8.16. The number of H-pyrrole nitrogens is 1. The van der Waals surface area contributed by atoms with Crippen LogP contribution in [0.5, 0.6) is 5.75 Å². The topological polar surface area (TPSA) is 104 Å². The molecule has 1 aromatic heterocycles. The van der Waals surface area contributed by atoms with Crippen LogP contribution in [0.2, 0.25) is 0 Å². The van der Waals surface area contributed by atoms with Gasteiger partial charge in [0.15, 0.2) is 5.82 Å². The quantitative estimate of drug-likeness (QED) is 0.699. The largest absolute Gasteiger partial charge is 0.508 e. The Kier molecular flexibility index (Phi) is 2.99. The molecule has 7 heteroatoms. The number of carbonyl (C=O) groups excluding carboxylic acids is 1. The van der Waals surface area contributed by atoms with Crippen LogP contribution in [-0.2, 0) is 6.54 Å². The fourth-order valence-electron chi connectivity index (χ4n) is 1.32. The van der Waals surface area contributed by atoms with Crippen molar-refractivity contribution in [1.82, 2.24) is 25.9 Å². The lowest BCUT2D eigenvalue weighted by Gasteiger charge is -2.04. The fraction of sp³-hybridized carbons (Fsp3) is 0.200. The highest BCUT2D eigenvalue weighted by atomic mass is 16.3. The summed E-state index contributed by atoms with van der Waals surface area (Å²) in [7, 11) is 0. The third kappa shape index (κ3) is 2.57. The van der Waals surface area contributed by atoms with Crippen molar-refractivity contribution in [3.63, 3.8) is 0 Å². The van der Waals surface area contributed by atoms with Crippen molar-refractivity contribution in [2.45, 2.75) is 13.5 Å². The normalized spacial score (nSPS) is 10.2. The first-order valence-electron chi connectivity index (χ1n) is 4.97. The van der Waals surface area contributed by atoms with Crippen molar-refractivity contribution in [3.8, 4) is 5.75 Å². The Hall–Kier alpha value is -2.44. The summed E-state index contributed by atoms with van der Waals surface area (Å²) in [6, 6.07) is 4.65. The van der Waals surface area contributed by atoms with E-state index < -0.39 is 0 Å². The highest BCUT2D eigenvalue weighted by Gasteiger charge is 2.08. The molecule has 1 aromatic carbocycles. The summed E-state index contributed by atoms with van der Waals surface area (Å²) in [6.07, 6.45) is 0. The standard InChI is InChI=1S/C10H11N5O2/c1-6-4-7(2-3-8(6)16)10(17)11-5-9-12-14-15-13-9/h2-4,16H,5H2,1H3,(H,11,17)(H,12,13,14,15). The molecule has 0 saturated carbocycles. The first-order valence-corrected chi connectivity index (χ1v) is 4.97. The number of aromatic hydroxyl groups is 1. The molecule has 0 unspecified atom stereocenters. The predicted octanol–water partition coefficient (Wildman–Crippen LogP) is 0.144. The van der Waals surface area contributed by atoms with Crippen molar-refractivity contribution in [2.75, 3.05) is 0 Å². The van der Waals surface area contributed by atoms with Crippen LogP contribution in [0.25, 0.3) is 0 Å². The average Bonchev–Trinajstić information content (AvgIpc) is 2.82. The number of rotatable bonds is 3. The highest BCUT2D eigenvalue weighted by molar-refractivity contribution is 5.94. The smallest absolute Gasteiger partial charge is 0.251 e. The van der Waals surface area contributed by atoms with Crippen LogP contribution < -0.4 is 5.32 Å². The number of nitrogens with one attached hydrogen (secondary N) is 2. The maximum absolute atomic E-state index is 11.7. The van der Waals surface area contributed by atoms with Gasteiger partial charge in [0.1, 0.15) is 5.75 Å². The van der Waals surface area contributed by atoms with E-state index in [1.54, 1.807) is 19.1 Å². The van der Waals surface area contributed by atoms with Gasteiger partial charge in [0.05, 0.1) is 6.54 Å². The summed E-state index contributed by atoms with van der Waals surface area (Å²) in [5, 5.41) is 25.1. The minimum atomic E-state index is -0.252. The van der Waals surface area contributed by atoms with Gasteiger partial charge < -0.3 is 10.4 Å². The lowest BCUT2D eigenvalue weighted by atomic mass is 10.1. The molecule has 3 N–H and O–H groups in total. The molecule has 17 heavy (non-hydrogen) atoms. The van der Waals surface area contributed by atoms with Gasteiger partial charge in [0.2, 0.25) is 0 Å². The molecule has 88 valence electrons. The molecule has 0 fully saturated rings. The van der Waals surface area contributed by atoms with E-state index in [9.17, 15) is 9.90 Å². The Bertz CT molecular complexity index is 523. The van der Waals surface area contributed by atoms with Crippen LogP contribution >= 0.6 is 0 Å². The van der Waals surface area contributed by atoms with Gasteiger partial charge in [-0.2, -0.15) is 5.21 Å². The van der Waals surface area contributed by atoms with Gasteiger partial charge in [0.25, 0.3) is 5.91 Å². The molecule has 0 aliphatic rings. The van der Waals surface area contributed by atoms with E-state index in [0.717, 1.165) is 0 Å². The predicted molar refractivity (Wildman–Crippen MR) is 58.2 cm³/mol. The fourth-order valence-corrected chi connectivity index (χ4v) is 1.32. The minimum Gasteiger partial charge on any atom is -0.508 e. The van der Waals surface area contributed by atoms with Gasteiger partial charge in [-0.3, -0.25) is 4.79 Å². The third-order valence-corrected chi connectivity index (χ3v) is 2.26. The van der Waals surface area contributed by atoms with Gasteiger partial charge in [-0.15, -0.1) is 10.2 Å². The van der Waals surface area contributed by atoms with Crippen LogP contribution in [0, 0.1) is 6.92 Å². The SMILES string of the molecule is Cc1cc(C(=O)NCc2nn[nH]n2)ccc1O. The summed E-state index contributed by atoms with van der Waals surface area (Å²) in [5.41, 5.74) is 1.13. The number of benzene rings is 1. The zero-order valence-electron chi connectivity index (χ0n) is 9.14. The van der Waals surface area contributed by atoms with Gasteiger partial charge in [0, 0.05) is 5.56 Å². The van der Waals surface area contributed by atoms with Crippen molar-refractivity contribution in [3.05, 3.63) is 35.2 Å². The number of tetrazole rings is 1. The Morgan fingerprint density at radius 1 is 1.53 bits per heavy atom. The number of amides is 1. The molecule has 0 aliphatic carbocycles. The van der Waals surface area contributed by atoms with Crippen molar-refractivity contribution in [2.24, 2.45) is 0 Å². The Labute approximate surface area is 96.9 Å². The van der Waals surface area contributed by atoms with Crippen molar-refractivity contribution >= 4 is 5.91 Å². The molecule has 1 amide bonds. The lowest BCUT2D eigenvalue weighted by molar-refractivity contribution is 0.0950. The third-order valence-electron chi connectivity index (χ3n) is 2.26. The Balaban J connectivity index is 2.02. The number of phenolic OH excluding ortho intramolecular Hbond substituents is 1. The molecule has 2 rings (SSSR count). The second-order valence-corrected chi connectivity index (χ2v) is 3.51. The maximum Gasteiger partial charge on any atom is 0.251 e. The molecule has 0 saturated heterocycles. The zero-order chi connectivity index (χ0) is 12.3. The van der Waals surface area contributed by atoms with E-state index in [1.807, 2.05) is 0 Å². The molecule has 2 aromatic rings. The summed E-state index contributed by atoms with van der Waals surface area (Å²) < 4.78 is 0. The van der Waals surface area contributed by atoms with Crippen LogP contribution in [0.1, 0.15) is 21.7 Å². The number of nitrogens with zero attached hydrogens (tertiary/aromatic N) is 3. The molecule has 7 nitrogen and oxygen atoms in total. The van der Waals surface area contributed by atoms with Crippen LogP contribution in [0.4, 0.5) is 0 Å². The highest BCUT2D eigenvalue weighted by Crippen LogP contribution is 2.16. The molecule has 0 radical (unpaired) electrons. The lowest BCUT2D eigenvalue weighted by Crippen LogP contribution is -2.23. The number of carbonyl (C=O) groups is 1. The summed E-state index contributed by atoms with van der Waals surface area (Å²) >= 11 is 0. The van der Waals surface area contributed by atoms with Crippen LogP contribution in [0.3, 0.4) is 0 Å². The van der Waals surface area contributed by atoms with Crippen LogP contribution in [0.15, 0.2) is 18.2 Å². The Morgan fingerprint density at radius 2 is 2.35 bits per heavy atom. The van der Waals surface area contributed by atoms with Crippen molar-refractivity contribution in [1.29, 1.82) is 0 Å². The van der Waals surface area contributed by atoms with Gasteiger partial charge in [-0.05, 0) is 30.7 Å². The maximum atomic E-state index is 11.7. The number of hydrogen-bond donors (Lipinski definition) is 3. The second kappa shape index (κ2) is 4.60. The monoisotopic (exact) mass is 233 g/mol. The summed E-state index contributed by atoms with van der Waals surface area (Å²) in [6.45, 7) is 1.93. The van der Waals surface area contributed by atoms with E-state index in [1.165, 1.54) is 6.07 Å². The van der Waals surface area contributed by atoms with Crippen molar-refractivity contribution < 1.29 is 9.90 Å². The first kappa shape index (κ1) is 11.1. The number of aryl methyl sites for hydroxylation is 1. The van der Waals surface area contributed by atoms with E-state index in [-0.39, 0.29) is 18.2 Å². The molecule has 0 bridgehead atoms. The summed E-state index contributed by atoms with van der Waals surface area (Å²) in [5.74, 6) is 0.325. The number of hydrogen-bond acceptors (Lipinski definition) is 5. The molecule has 0 aliphatic heterocycles. The van der Waals surface area contributed by atoms with E-state index in [2.05, 4.69) is 25.9 Å². The second-order valence-electron chi connectivity index (χ2n) is 3.51. The Morgan fingerprint density at radius 3 is 3.00 bits per heavy atom. The van der Waals surface area contributed by atoms with E-state index >= 15 is 0 Å². The zero-order valence-corrected chi connectivity index (χ0v) is 9.14. The number of phenols is 1.